The van der Waals surface area contributed by atoms with Gasteiger partial charge in [0.15, 0.2) is 0 Å². The number of aliphatic hydroxyl groups excluding tert-OH is 1. The summed E-state index contributed by atoms with van der Waals surface area (Å²) >= 11 is 6.88. The number of hydrogen-bond acceptors (Lipinski definition) is 9. The number of aliphatic carboxylic acids is 1. The number of aromatic nitrogens is 1. The second-order valence-corrected chi connectivity index (χ2v) is 14.3. The van der Waals surface area contributed by atoms with E-state index in [-0.39, 0.29) is 19.8 Å². The average molecular weight is 775 g/mol. The van der Waals surface area contributed by atoms with Crippen LogP contribution >= 0.6 is 11.6 Å². The molecule has 0 amide bonds. The van der Waals surface area contributed by atoms with Crippen LogP contribution in [0.15, 0.2) is 91.3 Å². The summed E-state index contributed by atoms with van der Waals surface area (Å²) in [7, 11) is 0. The van der Waals surface area contributed by atoms with Crippen LogP contribution in [0.3, 0.4) is 0 Å². The van der Waals surface area contributed by atoms with Crippen molar-refractivity contribution in [3.8, 4) is 45.6 Å². The molecule has 0 radical (unpaired) electrons. The summed E-state index contributed by atoms with van der Waals surface area (Å²) in [5, 5.41) is 31.7. The molecule has 1 saturated heterocycles. The minimum Gasteiger partial charge on any atom is -0.492 e. The molecule has 11 heteroatoms. The Morgan fingerprint density at radius 1 is 0.893 bits per heavy atom. The highest BCUT2D eigenvalue weighted by Gasteiger charge is 2.29. The minimum absolute atomic E-state index is 0.103. The lowest BCUT2D eigenvalue weighted by Gasteiger charge is -2.33. The Bertz CT molecular complexity index is 2170. The maximum Gasteiger partial charge on any atom is 0.320 e. The fourth-order valence-corrected chi connectivity index (χ4v) is 7.36. The quantitative estimate of drug-likeness (QED) is 0.0795. The first-order chi connectivity index (χ1) is 27.2. The van der Waals surface area contributed by atoms with Gasteiger partial charge < -0.3 is 29.7 Å². The van der Waals surface area contributed by atoms with E-state index in [1.54, 1.807) is 24.4 Å². The predicted molar refractivity (Wildman–Crippen MR) is 217 cm³/mol. The van der Waals surface area contributed by atoms with Crippen molar-refractivity contribution in [3.63, 3.8) is 0 Å². The maximum atomic E-state index is 12.1. The highest BCUT2D eigenvalue weighted by atomic mass is 35.5. The number of benzene rings is 4. The van der Waals surface area contributed by atoms with Crippen LogP contribution in [-0.4, -0.2) is 65.0 Å². The number of aliphatic hydroxyl groups is 1. The molecule has 0 saturated carbocycles. The molecule has 1 fully saturated rings. The standard InChI is InChI=1S/C45H47ClN4O6/c1-30-35(7-5-9-39(30)40-10-6-8-38(31(40)2)34-12-14-37(15-13-34)54-20-17-48-16-19-51)29-56-44-23-43(55-28-33-21-32(24-47)25-49-26-33)36(22-41(44)46)27-50-18-4-3-11-42(50)45(52)53/h5-10,12-15,21-23,25-26,42,48,51H,3-4,11,16-20,27-29H2,1-2H3,(H,52,53)/t42-/m0/s1. The van der Waals surface area contributed by atoms with E-state index in [4.69, 9.17) is 30.9 Å². The number of rotatable bonds is 17. The first-order valence-corrected chi connectivity index (χ1v) is 19.3. The molecule has 0 spiro atoms. The molecule has 3 N–H and O–H groups in total. The fourth-order valence-electron chi connectivity index (χ4n) is 7.12. The number of carbonyl (C=O) groups is 1. The molecule has 0 aliphatic carbocycles. The Morgan fingerprint density at radius 2 is 1.64 bits per heavy atom. The molecule has 5 aromatic rings. The van der Waals surface area contributed by atoms with Gasteiger partial charge in [-0.3, -0.25) is 14.7 Å². The summed E-state index contributed by atoms with van der Waals surface area (Å²) in [6.07, 6.45) is 5.52. The number of halogens is 1. The number of likely N-dealkylation sites (tertiary alicyclic amines) is 1. The van der Waals surface area contributed by atoms with Gasteiger partial charge in [-0.1, -0.05) is 66.6 Å². The van der Waals surface area contributed by atoms with Crippen molar-refractivity contribution >= 4 is 17.6 Å². The zero-order valence-corrected chi connectivity index (χ0v) is 32.5. The molecule has 0 bridgehead atoms. The molecule has 1 aromatic heterocycles. The summed E-state index contributed by atoms with van der Waals surface area (Å²) in [5.41, 5.74) is 9.62. The van der Waals surface area contributed by atoms with Crippen LogP contribution in [0.5, 0.6) is 17.2 Å². The van der Waals surface area contributed by atoms with Crippen LogP contribution in [0.25, 0.3) is 22.3 Å². The van der Waals surface area contributed by atoms with Crippen LogP contribution in [0, 0.1) is 25.2 Å². The van der Waals surface area contributed by atoms with Gasteiger partial charge in [0.2, 0.25) is 0 Å². The van der Waals surface area contributed by atoms with Crippen molar-refractivity contribution in [2.24, 2.45) is 0 Å². The normalized spacial score (nSPS) is 14.2. The van der Waals surface area contributed by atoms with E-state index >= 15 is 0 Å². The lowest BCUT2D eigenvalue weighted by Crippen LogP contribution is -2.44. The third-order valence-electron chi connectivity index (χ3n) is 10.2. The van der Waals surface area contributed by atoms with Crippen molar-refractivity contribution in [1.29, 1.82) is 5.26 Å². The Kier molecular flexibility index (Phi) is 14.0. The molecular formula is C45H47ClN4O6. The smallest absolute Gasteiger partial charge is 0.320 e. The number of nitriles is 1. The molecular weight excluding hydrogens is 728 g/mol. The van der Waals surface area contributed by atoms with Gasteiger partial charge in [0.05, 0.1) is 17.2 Å². The molecule has 2 heterocycles. The van der Waals surface area contributed by atoms with E-state index in [1.165, 1.54) is 6.20 Å². The van der Waals surface area contributed by atoms with Crippen molar-refractivity contribution in [2.75, 3.05) is 32.8 Å². The second kappa shape index (κ2) is 19.4. The molecule has 0 unspecified atom stereocenters. The molecule has 1 aliphatic rings. The Hall–Kier alpha value is -5.44. The lowest BCUT2D eigenvalue weighted by molar-refractivity contribution is -0.144. The summed E-state index contributed by atoms with van der Waals surface area (Å²) in [6.45, 7) is 7.49. The van der Waals surface area contributed by atoms with Gasteiger partial charge in [0, 0.05) is 49.2 Å². The van der Waals surface area contributed by atoms with Gasteiger partial charge in [-0.25, -0.2) is 0 Å². The minimum atomic E-state index is -0.836. The SMILES string of the molecule is Cc1c(COc2cc(OCc3cncc(C#N)c3)c(CN3CCCC[C@H]3C(=O)O)cc2Cl)cccc1-c1cccc(-c2ccc(OCCNCCO)cc2)c1C. The fraction of sp³-hybridized carbons (Fsp3) is 0.311. The summed E-state index contributed by atoms with van der Waals surface area (Å²) in [5.74, 6) is 0.923. The third kappa shape index (κ3) is 10.0. The molecule has 4 aromatic carbocycles. The van der Waals surface area contributed by atoms with Crippen molar-refractivity contribution in [2.45, 2.75) is 58.9 Å². The van der Waals surface area contributed by atoms with Gasteiger partial charge >= 0.3 is 5.97 Å². The number of carboxylic acid groups (broad SMARTS) is 1. The summed E-state index contributed by atoms with van der Waals surface area (Å²) in [6, 6.07) is 27.5. The van der Waals surface area contributed by atoms with Gasteiger partial charge in [0.1, 0.15) is 49.2 Å². The molecule has 290 valence electrons. The van der Waals surface area contributed by atoms with Gasteiger partial charge in [-0.05, 0) is 96.4 Å². The molecule has 10 nitrogen and oxygen atoms in total. The second-order valence-electron chi connectivity index (χ2n) is 13.9. The van der Waals surface area contributed by atoms with Crippen LogP contribution in [0.2, 0.25) is 5.02 Å². The number of ether oxygens (including phenoxy) is 3. The summed E-state index contributed by atoms with van der Waals surface area (Å²) in [4.78, 5) is 18.2. The van der Waals surface area contributed by atoms with E-state index in [9.17, 15) is 15.2 Å². The van der Waals surface area contributed by atoms with Crippen LogP contribution < -0.4 is 19.5 Å². The van der Waals surface area contributed by atoms with Crippen LogP contribution in [-0.2, 0) is 24.6 Å². The Balaban J connectivity index is 1.21. The highest BCUT2D eigenvalue weighted by Crippen LogP contribution is 2.38. The lowest BCUT2D eigenvalue weighted by atomic mass is 9.89. The largest absolute Gasteiger partial charge is 0.492 e. The predicted octanol–water partition coefficient (Wildman–Crippen LogP) is 8.12. The molecule has 1 atom stereocenters. The van der Waals surface area contributed by atoms with Gasteiger partial charge in [-0.2, -0.15) is 5.26 Å². The molecule has 1 aliphatic heterocycles. The van der Waals surface area contributed by atoms with Crippen LogP contribution in [0.1, 0.15) is 52.6 Å². The number of carboxylic acids is 1. The number of piperidine rings is 1. The molecule has 6 rings (SSSR count). The van der Waals surface area contributed by atoms with Crippen molar-refractivity contribution in [1.82, 2.24) is 15.2 Å². The number of hydrogen-bond donors (Lipinski definition) is 3. The number of pyridine rings is 1. The van der Waals surface area contributed by atoms with E-state index in [0.717, 1.165) is 68.7 Å². The van der Waals surface area contributed by atoms with E-state index in [0.29, 0.717) is 61.3 Å². The third-order valence-corrected chi connectivity index (χ3v) is 10.5. The van der Waals surface area contributed by atoms with E-state index < -0.39 is 12.0 Å². The van der Waals surface area contributed by atoms with Crippen molar-refractivity contribution < 1.29 is 29.2 Å². The zero-order chi connectivity index (χ0) is 39.4. The monoisotopic (exact) mass is 774 g/mol. The van der Waals surface area contributed by atoms with Crippen LogP contribution in [0.4, 0.5) is 0 Å². The summed E-state index contributed by atoms with van der Waals surface area (Å²) < 4.78 is 18.6. The number of nitrogens with zero attached hydrogens (tertiary/aromatic N) is 3. The Labute approximate surface area is 333 Å². The van der Waals surface area contributed by atoms with E-state index in [2.05, 4.69) is 66.6 Å². The zero-order valence-electron chi connectivity index (χ0n) is 31.8. The molecule has 56 heavy (non-hydrogen) atoms. The van der Waals surface area contributed by atoms with Crippen molar-refractivity contribution in [3.05, 3.63) is 130 Å². The van der Waals surface area contributed by atoms with E-state index in [1.807, 2.05) is 29.2 Å². The first-order valence-electron chi connectivity index (χ1n) is 18.9. The highest BCUT2D eigenvalue weighted by molar-refractivity contribution is 6.32. The topological polar surface area (TPSA) is 137 Å². The first kappa shape index (κ1) is 40.2. The average Bonchev–Trinajstić information content (AvgIpc) is 3.21. The van der Waals surface area contributed by atoms with Gasteiger partial charge in [-0.15, -0.1) is 0 Å². The maximum absolute atomic E-state index is 12.1. The van der Waals surface area contributed by atoms with Gasteiger partial charge in [0.25, 0.3) is 0 Å². The Morgan fingerprint density at radius 3 is 2.41 bits per heavy atom. The number of nitrogens with one attached hydrogen (secondary N) is 1.